The number of nitrogens with one attached hydrogen (secondary N) is 1. The van der Waals surface area contributed by atoms with Crippen molar-refractivity contribution in [2.24, 2.45) is 0 Å². The third-order valence-electron chi connectivity index (χ3n) is 3.28. The van der Waals surface area contributed by atoms with Crippen LogP contribution in [0, 0.1) is 0 Å². The molecule has 0 bridgehead atoms. The van der Waals surface area contributed by atoms with E-state index in [4.69, 9.17) is 23.2 Å². The minimum atomic E-state index is 0.277. The van der Waals surface area contributed by atoms with Gasteiger partial charge in [-0.05, 0) is 65.9 Å². The summed E-state index contributed by atoms with van der Waals surface area (Å²) in [6.07, 6.45) is 3.21. The summed E-state index contributed by atoms with van der Waals surface area (Å²) in [7, 11) is 0. The Bertz CT molecular complexity index is 525. The summed E-state index contributed by atoms with van der Waals surface area (Å²) in [5.41, 5.74) is 2.53. The molecule has 0 saturated heterocycles. The van der Waals surface area contributed by atoms with Gasteiger partial charge in [0.25, 0.3) is 0 Å². The van der Waals surface area contributed by atoms with E-state index in [9.17, 15) is 0 Å². The highest BCUT2D eigenvalue weighted by atomic mass is 35.5. The van der Waals surface area contributed by atoms with Crippen LogP contribution in [0.25, 0.3) is 0 Å². The van der Waals surface area contributed by atoms with Gasteiger partial charge in [-0.2, -0.15) is 11.3 Å². The molecule has 1 aromatic carbocycles. The third-order valence-corrected chi connectivity index (χ3v) is 4.57. The second-order valence-corrected chi connectivity index (χ2v) is 6.47. The Morgan fingerprint density at radius 3 is 2.75 bits per heavy atom. The lowest BCUT2D eigenvalue weighted by Gasteiger charge is -2.20. The molecule has 2 rings (SSSR count). The van der Waals surface area contributed by atoms with Gasteiger partial charge < -0.3 is 5.32 Å². The number of hydrogen-bond donors (Lipinski definition) is 1. The summed E-state index contributed by atoms with van der Waals surface area (Å²) >= 11 is 14.1. The first-order chi connectivity index (χ1) is 9.70. The highest BCUT2D eigenvalue weighted by molar-refractivity contribution is 7.07. The van der Waals surface area contributed by atoms with Crippen LogP contribution in [0.5, 0.6) is 0 Å². The van der Waals surface area contributed by atoms with Crippen molar-refractivity contribution in [2.45, 2.75) is 32.2 Å². The molecule has 0 amide bonds. The molecule has 20 heavy (non-hydrogen) atoms. The van der Waals surface area contributed by atoms with E-state index in [1.165, 1.54) is 5.56 Å². The Kier molecular flexibility index (Phi) is 6.37. The van der Waals surface area contributed by atoms with Crippen molar-refractivity contribution in [3.8, 4) is 0 Å². The molecule has 108 valence electrons. The molecule has 0 saturated carbocycles. The summed E-state index contributed by atoms with van der Waals surface area (Å²) in [6, 6.07) is 8.23. The number of aryl methyl sites for hydroxylation is 1. The van der Waals surface area contributed by atoms with Crippen molar-refractivity contribution >= 4 is 34.5 Å². The standard InChI is InChI=1S/C16H19Cl2NS/c1-2-8-19-16(6-3-12-7-9-20-11-12)14-5-4-13(17)10-15(14)18/h4-5,7,9-11,16,19H,2-3,6,8H2,1H3. The maximum atomic E-state index is 6.34. The summed E-state index contributed by atoms with van der Waals surface area (Å²) < 4.78 is 0. The molecule has 1 unspecified atom stereocenters. The Morgan fingerprint density at radius 1 is 1.25 bits per heavy atom. The van der Waals surface area contributed by atoms with E-state index in [1.807, 2.05) is 18.2 Å². The van der Waals surface area contributed by atoms with E-state index in [0.717, 1.165) is 36.4 Å². The van der Waals surface area contributed by atoms with E-state index in [2.05, 4.69) is 29.1 Å². The molecule has 0 spiro atoms. The minimum absolute atomic E-state index is 0.277. The Morgan fingerprint density at radius 2 is 2.10 bits per heavy atom. The molecule has 1 atom stereocenters. The van der Waals surface area contributed by atoms with Crippen molar-refractivity contribution in [1.29, 1.82) is 0 Å². The third kappa shape index (κ3) is 4.49. The van der Waals surface area contributed by atoms with E-state index in [-0.39, 0.29) is 6.04 Å². The Labute approximate surface area is 134 Å². The van der Waals surface area contributed by atoms with Gasteiger partial charge in [-0.25, -0.2) is 0 Å². The molecule has 1 nitrogen and oxygen atoms in total. The van der Waals surface area contributed by atoms with E-state index in [0.29, 0.717) is 5.02 Å². The first kappa shape index (κ1) is 15.8. The largest absolute Gasteiger partial charge is 0.310 e. The quantitative estimate of drug-likeness (QED) is 0.684. The molecule has 1 aromatic heterocycles. The van der Waals surface area contributed by atoms with Gasteiger partial charge in [0.2, 0.25) is 0 Å². The van der Waals surface area contributed by atoms with Crippen molar-refractivity contribution < 1.29 is 0 Å². The lowest BCUT2D eigenvalue weighted by Crippen LogP contribution is -2.23. The maximum absolute atomic E-state index is 6.34. The monoisotopic (exact) mass is 327 g/mol. The minimum Gasteiger partial charge on any atom is -0.310 e. The first-order valence-electron chi connectivity index (χ1n) is 6.90. The van der Waals surface area contributed by atoms with E-state index in [1.54, 1.807) is 11.3 Å². The zero-order valence-corrected chi connectivity index (χ0v) is 13.9. The predicted molar refractivity (Wildman–Crippen MR) is 90.1 cm³/mol. The molecule has 0 fully saturated rings. The SMILES string of the molecule is CCCNC(CCc1ccsc1)c1ccc(Cl)cc1Cl. The fourth-order valence-corrected chi connectivity index (χ4v) is 3.46. The molecule has 2 aromatic rings. The summed E-state index contributed by atoms with van der Waals surface area (Å²) in [5, 5.41) is 9.35. The van der Waals surface area contributed by atoms with Gasteiger partial charge >= 0.3 is 0 Å². The lowest BCUT2D eigenvalue weighted by atomic mass is 10.00. The molecule has 4 heteroatoms. The van der Waals surface area contributed by atoms with Crippen molar-refractivity contribution in [1.82, 2.24) is 5.32 Å². The van der Waals surface area contributed by atoms with Gasteiger partial charge in [0.05, 0.1) is 0 Å². The molecule has 0 aliphatic carbocycles. The lowest BCUT2D eigenvalue weighted by molar-refractivity contribution is 0.500. The average molecular weight is 328 g/mol. The van der Waals surface area contributed by atoms with Crippen LogP contribution in [0.3, 0.4) is 0 Å². The van der Waals surface area contributed by atoms with Crippen LogP contribution >= 0.6 is 34.5 Å². The maximum Gasteiger partial charge on any atom is 0.0468 e. The molecule has 1 heterocycles. The van der Waals surface area contributed by atoms with Gasteiger partial charge in [0.1, 0.15) is 0 Å². The van der Waals surface area contributed by atoms with Crippen molar-refractivity contribution in [3.05, 3.63) is 56.2 Å². The molecule has 1 N–H and O–H groups in total. The van der Waals surface area contributed by atoms with Gasteiger partial charge in [-0.15, -0.1) is 0 Å². The van der Waals surface area contributed by atoms with Crippen molar-refractivity contribution in [2.75, 3.05) is 6.54 Å². The van der Waals surface area contributed by atoms with Gasteiger partial charge in [-0.3, -0.25) is 0 Å². The normalized spacial score (nSPS) is 12.6. The molecular weight excluding hydrogens is 309 g/mol. The van der Waals surface area contributed by atoms with Gasteiger partial charge in [0.15, 0.2) is 0 Å². The zero-order chi connectivity index (χ0) is 14.4. The fourth-order valence-electron chi connectivity index (χ4n) is 2.22. The molecule has 0 aliphatic rings. The topological polar surface area (TPSA) is 12.0 Å². The fraction of sp³-hybridized carbons (Fsp3) is 0.375. The van der Waals surface area contributed by atoms with Crippen LogP contribution in [0.2, 0.25) is 10.0 Å². The second-order valence-electron chi connectivity index (χ2n) is 4.84. The summed E-state index contributed by atoms with van der Waals surface area (Å²) in [6.45, 7) is 3.17. The number of benzene rings is 1. The van der Waals surface area contributed by atoms with Crippen LogP contribution in [0.15, 0.2) is 35.0 Å². The highest BCUT2D eigenvalue weighted by Crippen LogP contribution is 2.29. The number of rotatable bonds is 7. The summed E-state index contributed by atoms with van der Waals surface area (Å²) in [4.78, 5) is 0. The molecule has 0 radical (unpaired) electrons. The number of halogens is 2. The highest BCUT2D eigenvalue weighted by Gasteiger charge is 2.14. The van der Waals surface area contributed by atoms with Crippen LogP contribution < -0.4 is 5.32 Å². The number of hydrogen-bond acceptors (Lipinski definition) is 2. The summed E-state index contributed by atoms with van der Waals surface area (Å²) in [5.74, 6) is 0. The predicted octanol–water partition coefficient (Wildman–Crippen LogP) is 5.73. The number of thiophene rings is 1. The van der Waals surface area contributed by atoms with E-state index < -0.39 is 0 Å². The molecule has 0 aliphatic heterocycles. The van der Waals surface area contributed by atoms with Crippen LogP contribution in [0.1, 0.15) is 36.9 Å². The van der Waals surface area contributed by atoms with Crippen molar-refractivity contribution in [3.63, 3.8) is 0 Å². The smallest absolute Gasteiger partial charge is 0.0468 e. The zero-order valence-electron chi connectivity index (χ0n) is 11.5. The van der Waals surface area contributed by atoms with Gasteiger partial charge in [0, 0.05) is 16.1 Å². The molecular formula is C16H19Cl2NS. The second kappa shape index (κ2) is 8.04. The van der Waals surface area contributed by atoms with Crippen LogP contribution in [0.4, 0.5) is 0 Å². The van der Waals surface area contributed by atoms with E-state index >= 15 is 0 Å². The first-order valence-corrected chi connectivity index (χ1v) is 8.60. The Hall–Kier alpha value is -0.540. The van der Waals surface area contributed by atoms with Crippen LogP contribution in [-0.2, 0) is 6.42 Å². The van der Waals surface area contributed by atoms with Gasteiger partial charge in [-0.1, -0.05) is 36.2 Å². The average Bonchev–Trinajstić information content (AvgIpc) is 2.93. The Balaban J connectivity index is 2.09. The van der Waals surface area contributed by atoms with Crippen LogP contribution in [-0.4, -0.2) is 6.54 Å².